The summed E-state index contributed by atoms with van der Waals surface area (Å²) in [4.78, 5) is 10.6. The quantitative estimate of drug-likeness (QED) is 0.846. The number of ether oxygens (including phenoxy) is 1. The van der Waals surface area contributed by atoms with Gasteiger partial charge >= 0.3 is 6.01 Å². The second kappa shape index (κ2) is 4.77. The molecule has 0 aliphatic heterocycles. The summed E-state index contributed by atoms with van der Waals surface area (Å²) >= 11 is 11.0. The van der Waals surface area contributed by atoms with Crippen LogP contribution in [0.25, 0.3) is 0 Å². The Balaban J connectivity index is 2.34. The zero-order valence-corrected chi connectivity index (χ0v) is 9.51. The van der Waals surface area contributed by atoms with Crippen LogP contribution in [0.3, 0.4) is 0 Å². The highest BCUT2D eigenvalue weighted by Crippen LogP contribution is 2.23. The van der Waals surface area contributed by atoms with Crippen LogP contribution in [0, 0.1) is 11.6 Å². The zero-order valence-electron chi connectivity index (χ0n) is 7.99. The van der Waals surface area contributed by atoms with Gasteiger partial charge in [0.05, 0.1) is 0 Å². The highest BCUT2D eigenvalue weighted by atomic mass is 35.5. The van der Waals surface area contributed by atoms with Gasteiger partial charge in [0.15, 0.2) is 11.6 Å². The van der Waals surface area contributed by atoms with Gasteiger partial charge in [0, 0.05) is 6.07 Å². The molecule has 0 atom stereocenters. The van der Waals surface area contributed by atoms with E-state index in [0.717, 1.165) is 18.2 Å². The molecule has 0 N–H and O–H groups in total. The largest absolute Gasteiger partial charge is 0.421 e. The van der Waals surface area contributed by atoms with Gasteiger partial charge in [0.2, 0.25) is 10.6 Å². The minimum Gasteiger partial charge on any atom is -0.421 e. The summed E-state index contributed by atoms with van der Waals surface area (Å²) in [6.45, 7) is 0. The molecule has 2 aromatic rings. The van der Waals surface area contributed by atoms with Crippen LogP contribution >= 0.6 is 23.2 Å². The molecular weight excluding hydrogens is 275 g/mol. The van der Waals surface area contributed by atoms with Crippen LogP contribution in [0.5, 0.6) is 11.8 Å². The number of halogens is 4. The zero-order chi connectivity index (χ0) is 12.4. The van der Waals surface area contributed by atoms with E-state index in [9.17, 15) is 8.78 Å². The molecule has 0 amide bonds. The number of benzene rings is 1. The molecule has 0 fully saturated rings. The Morgan fingerprint density at radius 2 is 1.65 bits per heavy atom. The molecule has 0 unspecified atom stereocenters. The molecule has 8 heteroatoms. The van der Waals surface area contributed by atoms with Crippen molar-refractivity contribution in [3.63, 3.8) is 0 Å². The molecule has 0 radical (unpaired) electrons. The van der Waals surface area contributed by atoms with E-state index in [1.54, 1.807) is 0 Å². The summed E-state index contributed by atoms with van der Waals surface area (Å²) in [6.07, 6.45) is 0. The number of aromatic nitrogens is 3. The Bertz CT molecular complexity index is 548. The maximum Gasteiger partial charge on any atom is 0.327 e. The lowest BCUT2D eigenvalue weighted by Crippen LogP contribution is -1.97. The second-order valence-electron chi connectivity index (χ2n) is 2.83. The first-order valence-electron chi connectivity index (χ1n) is 4.24. The van der Waals surface area contributed by atoms with E-state index in [1.807, 2.05) is 0 Å². The average Bonchev–Trinajstić information content (AvgIpc) is 2.22. The lowest BCUT2D eigenvalue weighted by molar-refractivity contribution is 0.405. The first-order chi connectivity index (χ1) is 8.04. The molecule has 0 aliphatic carbocycles. The molecular formula is C9H3Cl2F2N3O. The molecule has 0 aliphatic rings. The topological polar surface area (TPSA) is 47.9 Å². The minimum atomic E-state index is -0.765. The van der Waals surface area contributed by atoms with Crippen LogP contribution < -0.4 is 4.74 Å². The monoisotopic (exact) mass is 277 g/mol. The first kappa shape index (κ1) is 11.9. The molecule has 1 heterocycles. The van der Waals surface area contributed by atoms with Gasteiger partial charge in [-0.05, 0) is 35.3 Å². The van der Waals surface area contributed by atoms with Crippen molar-refractivity contribution in [2.75, 3.05) is 0 Å². The molecule has 0 saturated heterocycles. The molecule has 0 saturated carbocycles. The van der Waals surface area contributed by atoms with E-state index < -0.39 is 11.6 Å². The van der Waals surface area contributed by atoms with Crippen LogP contribution in [-0.4, -0.2) is 15.0 Å². The van der Waals surface area contributed by atoms with E-state index in [0.29, 0.717) is 0 Å². The van der Waals surface area contributed by atoms with Crippen molar-refractivity contribution in [3.8, 4) is 11.8 Å². The van der Waals surface area contributed by atoms with Gasteiger partial charge in [0.1, 0.15) is 5.82 Å². The lowest BCUT2D eigenvalue weighted by atomic mass is 10.3. The van der Waals surface area contributed by atoms with Crippen molar-refractivity contribution in [2.24, 2.45) is 0 Å². The summed E-state index contributed by atoms with van der Waals surface area (Å²) in [5, 5.41) is -0.423. The van der Waals surface area contributed by atoms with Crippen LogP contribution in [-0.2, 0) is 0 Å². The van der Waals surface area contributed by atoms with E-state index in [1.165, 1.54) is 0 Å². The predicted molar refractivity (Wildman–Crippen MR) is 56.3 cm³/mol. The number of nitrogens with zero attached hydrogens (tertiary/aromatic N) is 3. The second-order valence-corrected chi connectivity index (χ2v) is 3.51. The van der Waals surface area contributed by atoms with Crippen molar-refractivity contribution < 1.29 is 13.5 Å². The first-order valence-corrected chi connectivity index (χ1v) is 5.00. The van der Waals surface area contributed by atoms with Crippen molar-refractivity contribution in [3.05, 3.63) is 40.4 Å². The Labute approximate surface area is 104 Å². The van der Waals surface area contributed by atoms with Crippen LogP contribution in [0.15, 0.2) is 18.2 Å². The van der Waals surface area contributed by atoms with Gasteiger partial charge in [-0.3, -0.25) is 0 Å². The third kappa shape index (κ3) is 2.98. The Kier molecular flexibility index (Phi) is 3.35. The average molecular weight is 278 g/mol. The molecule has 0 bridgehead atoms. The van der Waals surface area contributed by atoms with Gasteiger partial charge in [-0.25, -0.2) is 8.78 Å². The number of rotatable bonds is 2. The smallest absolute Gasteiger partial charge is 0.327 e. The highest BCUT2D eigenvalue weighted by molar-refractivity contribution is 6.31. The van der Waals surface area contributed by atoms with Gasteiger partial charge in [-0.1, -0.05) is 0 Å². The number of hydrogen-bond acceptors (Lipinski definition) is 4. The molecule has 4 nitrogen and oxygen atoms in total. The van der Waals surface area contributed by atoms with E-state index in [2.05, 4.69) is 15.0 Å². The van der Waals surface area contributed by atoms with E-state index >= 15 is 0 Å². The third-order valence-corrected chi connectivity index (χ3v) is 1.99. The molecule has 0 spiro atoms. The Morgan fingerprint density at radius 1 is 1.00 bits per heavy atom. The maximum atomic E-state index is 13.2. The van der Waals surface area contributed by atoms with Crippen LogP contribution in [0.4, 0.5) is 8.78 Å². The van der Waals surface area contributed by atoms with Gasteiger partial charge in [-0.2, -0.15) is 15.0 Å². The summed E-state index contributed by atoms with van der Waals surface area (Å²) in [6, 6.07) is 2.39. The SMILES string of the molecule is Fc1ccc(F)c(Oc2nc(Cl)nc(Cl)n2)c1. The van der Waals surface area contributed by atoms with Crippen molar-refractivity contribution >= 4 is 23.2 Å². The third-order valence-electron chi connectivity index (χ3n) is 1.65. The lowest BCUT2D eigenvalue weighted by Gasteiger charge is -2.04. The van der Waals surface area contributed by atoms with E-state index in [4.69, 9.17) is 27.9 Å². The highest BCUT2D eigenvalue weighted by Gasteiger charge is 2.10. The molecule has 1 aromatic heterocycles. The van der Waals surface area contributed by atoms with Crippen molar-refractivity contribution in [1.82, 2.24) is 15.0 Å². The standard InChI is InChI=1S/C9H3Cl2F2N3O/c10-7-14-8(11)16-9(15-7)17-6-3-4(12)1-2-5(6)13/h1-3H. The number of hydrogen-bond donors (Lipinski definition) is 0. The van der Waals surface area contributed by atoms with E-state index in [-0.39, 0.29) is 22.3 Å². The molecule has 2 rings (SSSR count). The Morgan fingerprint density at radius 3 is 2.29 bits per heavy atom. The summed E-state index contributed by atoms with van der Waals surface area (Å²) in [5.74, 6) is -1.80. The van der Waals surface area contributed by atoms with Gasteiger partial charge < -0.3 is 4.74 Å². The molecule has 17 heavy (non-hydrogen) atoms. The minimum absolute atomic E-state index is 0.211. The molecule has 88 valence electrons. The normalized spacial score (nSPS) is 10.4. The Hall–Kier alpha value is -1.53. The van der Waals surface area contributed by atoms with Crippen molar-refractivity contribution in [1.29, 1.82) is 0 Å². The fourth-order valence-corrected chi connectivity index (χ4v) is 1.36. The van der Waals surface area contributed by atoms with Gasteiger partial charge in [0.25, 0.3) is 0 Å². The van der Waals surface area contributed by atoms with Crippen molar-refractivity contribution in [2.45, 2.75) is 0 Å². The van der Waals surface area contributed by atoms with Crippen LogP contribution in [0.2, 0.25) is 10.6 Å². The summed E-state index contributed by atoms with van der Waals surface area (Å²) < 4.78 is 31.0. The van der Waals surface area contributed by atoms with Gasteiger partial charge in [-0.15, -0.1) is 0 Å². The fraction of sp³-hybridized carbons (Fsp3) is 0. The summed E-state index contributed by atoms with van der Waals surface area (Å²) in [5.41, 5.74) is 0. The maximum absolute atomic E-state index is 13.2. The van der Waals surface area contributed by atoms with Crippen LogP contribution in [0.1, 0.15) is 0 Å². The summed E-state index contributed by atoms with van der Waals surface area (Å²) in [7, 11) is 0. The fourth-order valence-electron chi connectivity index (χ4n) is 1.01. The molecule has 1 aromatic carbocycles. The predicted octanol–water partition coefficient (Wildman–Crippen LogP) is 3.25.